The number of sulfone groups is 1. The van der Waals surface area contributed by atoms with Crippen molar-refractivity contribution < 1.29 is 8.42 Å². The Balaban J connectivity index is 2.20. The van der Waals surface area contributed by atoms with E-state index in [4.69, 9.17) is 5.73 Å². The van der Waals surface area contributed by atoms with E-state index in [0.717, 1.165) is 12.8 Å². The molecule has 5 heteroatoms. The van der Waals surface area contributed by atoms with Gasteiger partial charge in [0.2, 0.25) is 0 Å². The van der Waals surface area contributed by atoms with Gasteiger partial charge >= 0.3 is 0 Å². The normalized spacial score (nSPS) is 42.7. The number of likely N-dealkylation sites (N-methyl/N-ethyl adjacent to an activating group) is 1. The molecule has 0 aromatic rings. The fourth-order valence-corrected chi connectivity index (χ4v) is 5.85. The average Bonchev–Trinajstić information content (AvgIpc) is 2.72. The van der Waals surface area contributed by atoms with E-state index in [9.17, 15) is 8.42 Å². The molecule has 4 atom stereocenters. The lowest BCUT2D eigenvalue weighted by atomic mass is 9.68. The molecule has 1 aliphatic carbocycles. The molecule has 19 heavy (non-hydrogen) atoms. The van der Waals surface area contributed by atoms with Crippen LogP contribution in [0.2, 0.25) is 0 Å². The number of hydrogen-bond donors (Lipinski definition) is 1. The van der Waals surface area contributed by atoms with Crippen molar-refractivity contribution in [3.8, 4) is 0 Å². The first kappa shape index (κ1) is 15.3. The second-order valence-electron chi connectivity index (χ2n) is 6.76. The minimum Gasteiger partial charge on any atom is -0.329 e. The standard InChI is InChI=1S/C14H28N2O2S/c1-11-4-5-12(2)14(8-11,10-15)16(3)13-6-7-19(17,18)9-13/h11-13H,4-10,15H2,1-3H3. The third-order valence-electron chi connectivity index (χ3n) is 5.52. The van der Waals surface area contributed by atoms with Crippen molar-refractivity contribution in [3.63, 3.8) is 0 Å². The Bertz CT molecular complexity index is 423. The molecule has 0 amide bonds. The summed E-state index contributed by atoms with van der Waals surface area (Å²) in [5.74, 6) is 1.88. The maximum atomic E-state index is 11.7. The molecule has 2 rings (SSSR count). The molecule has 2 fully saturated rings. The second kappa shape index (κ2) is 5.34. The fourth-order valence-electron chi connectivity index (χ4n) is 4.07. The zero-order valence-electron chi connectivity index (χ0n) is 12.4. The SMILES string of the molecule is CC1CCC(C)C(CN)(N(C)C2CCS(=O)(=O)C2)C1. The van der Waals surface area contributed by atoms with E-state index in [1.54, 1.807) is 0 Å². The van der Waals surface area contributed by atoms with Gasteiger partial charge in [-0.2, -0.15) is 0 Å². The largest absolute Gasteiger partial charge is 0.329 e. The summed E-state index contributed by atoms with van der Waals surface area (Å²) in [4.78, 5) is 2.32. The first-order valence-corrected chi connectivity index (χ1v) is 9.26. The molecule has 0 radical (unpaired) electrons. The summed E-state index contributed by atoms with van der Waals surface area (Å²) in [5.41, 5.74) is 6.12. The summed E-state index contributed by atoms with van der Waals surface area (Å²) in [6.07, 6.45) is 4.32. The molecule has 1 heterocycles. The van der Waals surface area contributed by atoms with Crippen molar-refractivity contribution >= 4 is 9.84 Å². The van der Waals surface area contributed by atoms with E-state index in [0.29, 0.717) is 29.9 Å². The van der Waals surface area contributed by atoms with Gasteiger partial charge in [0.1, 0.15) is 0 Å². The Morgan fingerprint density at radius 3 is 2.47 bits per heavy atom. The van der Waals surface area contributed by atoms with E-state index in [-0.39, 0.29) is 11.6 Å². The topological polar surface area (TPSA) is 63.4 Å². The third kappa shape index (κ3) is 2.83. The van der Waals surface area contributed by atoms with Crippen LogP contribution in [0.25, 0.3) is 0 Å². The lowest BCUT2D eigenvalue weighted by molar-refractivity contribution is -0.00731. The van der Waals surface area contributed by atoms with Crippen molar-refractivity contribution in [1.82, 2.24) is 4.90 Å². The highest BCUT2D eigenvalue weighted by molar-refractivity contribution is 7.91. The number of rotatable bonds is 3. The zero-order chi connectivity index (χ0) is 14.3. The van der Waals surface area contributed by atoms with E-state index in [1.807, 2.05) is 0 Å². The maximum Gasteiger partial charge on any atom is 0.151 e. The predicted octanol–water partition coefficient (Wildman–Crippen LogP) is 1.26. The molecule has 1 saturated carbocycles. The van der Waals surface area contributed by atoms with Gasteiger partial charge in [0, 0.05) is 18.1 Å². The van der Waals surface area contributed by atoms with E-state index >= 15 is 0 Å². The lowest BCUT2D eigenvalue weighted by Gasteiger charge is -2.52. The molecule has 1 saturated heterocycles. The molecule has 2 aliphatic rings. The summed E-state index contributed by atoms with van der Waals surface area (Å²) in [6.45, 7) is 5.19. The van der Waals surface area contributed by atoms with Crippen LogP contribution in [0.5, 0.6) is 0 Å². The van der Waals surface area contributed by atoms with Crippen LogP contribution < -0.4 is 5.73 Å². The molecular weight excluding hydrogens is 260 g/mol. The number of nitrogens with zero attached hydrogens (tertiary/aromatic N) is 1. The summed E-state index contributed by atoms with van der Waals surface area (Å²) >= 11 is 0. The Kier molecular flexibility index (Phi) is 4.29. The van der Waals surface area contributed by atoms with Gasteiger partial charge in [-0.3, -0.25) is 4.90 Å². The summed E-state index contributed by atoms with van der Waals surface area (Å²) in [5, 5.41) is 0. The molecule has 112 valence electrons. The van der Waals surface area contributed by atoms with Crippen LogP contribution in [-0.4, -0.2) is 50.0 Å². The number of hydrogen-bond acceptors (Lipinski definition) is 4. The molecule has 0 bridgehead atoms. The molecule has 1 aliphatic heterocycles. The van der Waals surface area contributed by atoms with Gasteiger partial charge in [-0.05, 0) is 38.1 Å². The Hall–Kier alpha value is -0.130. The molecule has 4 unspecified atom stereocenters. The first-order valence-electron chi connectivity index (χ1n) is 7.44. The molecule has 0 aromatic heterocycles. The van der Waals surface area contributed by atoms with Gasteiger partial charge in [-0.25, -0.2) is 8.42 Å². The Morgan fingerprint density at radius 1 is 1.26 bits per heavy atom. The van der Waals surface area contributed by atoms with Crippen molar-refractivity contribution in [1.29, 1.82) is 0 Å². The molecule has 2 N–H and O–H groups in total. The van der Waals surface area contributed by atoms with Gasteiger partial charge in [0.05, 0.1) is 11.5 Å². The smallest absolute Gasteiger partial charge is 0.151 e. The monoisotopic (exact) mass is 288 g/mol. The van der Waals surface area contributed by atoms with E-state index in [2.05, 4.69) is 25.8 Å². The summed E-state index contributed by atoms with van der Waals surface area (Å²) < 4.78 is 23.4. The first-order chi connectivity index (χ1) is 8.81. The fraction of sp³-hybridized carbons (Fsp3) is 1.00. The van der Waals surface area contributed by atoms with Gasteiger partial charge < -0.3 is 5.73 Å². The van der Waals surface area contributed by atoms with Gasteiger partial charge in [0.25, 0.3) is 0 Å². The van der Waals surface area contributed by atoms with Gasteiger partial charge in [-0.15, -0.1) is 0 Å². The lowest BCUT2D eigenvalue weighted by Crippen LogP contribution is -2.62. The quantitative estimate of drug-likeness (QED) is 0.849. The summed E-state index contributed by atoms with van der Waals surface area (Å²) in [7, 11) is -0.737. The van der Waals surface area contributed by atoms with E-state index < -0.39 is 9.84 Å². The third-order valence-corrected chi connectivity index (χ3v) is 7.27. The predicted molar refractivity (Wildman–Crippen MR) is 78.8 cm³/mol. The van der Waals surface area contributed by atoms with Crippen LogP contribution in [0.3, 0.4) is 0 Å². The minimum absolute atomic E-state index is 0.0117. The van der Waals surface area contributed by atoms with Crippen LogP contribution >= 0.6 is 0 Å². The summed E-state index contributed by atoms with van der Waals surface area (Å²) in [6, 6.07) is 0.154. The zero-order valence-corrected chi connectivity index (χ0v) is 13.2. The molecule has 4 nitrogen and oxygen atoms in total. The Labute approximate surface area is 117 Å². The second-order valence-corrected chi connectivity index (χ2v) is 8.99. The average molecular weight is 288 g/mol. The maximum absolute atomic E-state index is 11.7. The van der Waals surface area contributed by atoms with Crippen molar-refractivity contribution in [2.75, 3.05) is 25.1 Å². The van der Waals surface area contributed by atoms with Gasteiger partial charge in [0.15, 0.2) is 9.84 Å². The van der Waals surface area contributed by atoms with Crippen molar-refractivity contribution in [2.45, 2.75) is 51.1 Å². The number of nitrogens with two attached hydrogens (primary N) is 1. The highest BCUT2D eigenvalue weighted by Crippen LogP contribution is 2.41. The Morgan fingerprint density at radius 2 is 1.95 bits per heavy atom. The minimum atomic E-state index is -2.83. The van der Waals surface area contributed by atoms with Crippen molar-refractivity contribution in [2.24, 2.45) is 17.6 Å². The molecule has 0 spiro atoms. The van der Waals surface area contributed by atoms with Crippen LogP contribution in [-0.2, 0) is 9.84 Å². The van der Waals surface area contributed by atoms with Crippen LogP contribution in [0.1, 0.15) is 39.5 Å². The van der Waals surface area contributed by atoms with Crippen LogP contribution in [0.15, 0.2) is 0 Å². The highest BCUT2D eigenvalue weighted by Gasteiger charge is 2.46. The van der Waals surface area contributed by atoms with Crippen LogP contribution in [0, 0.1) is 11.8 Å². The van der Waals surface area contributed by atoms with E-state index in [1.165, 1.54) is 12.8 Å². The van der Waals surface area contributed by atoms with Crippen molar-refractivity contribution in [3.05, 3.63) is 0 Å². The van der Waals surface area contributed by atoms with Gasteiger partial charge in [-0.1, -0.05) is 20.3 Å². The molecular formula is C14H28N2O2S. The highest BCUT2D eigenvalue weighted by atomic mass is 32.2. The molecule has 0 aromatic carbocycles. The van der Waals surface area contributed by atoms with Crippen LogP contribution in [0.4, 0.5) is 0 Å².